The fraction of sp³-hybridized carbons (Fsp3) is 0.111. The van der Waals surface area contributed by atoms with Crippen LogP contribution in [-0.4, -0.2) is 29.7 Å². The van der Waals surface area contributed by atoms with Crippen molar-refractivity contribution in [1.29, 1.82) is 0 Å². The number of halogens is 1. The van der Waals surface area contributed by atoms with Crippen molar-refractivity contribution in [2.24, 2.45) is 0 Å². The summed E-state index contributed by atoms with van der Waals surface area (Å²) in [6, 6.07) is 14.7. The lowest BCUT2D eigenvalue weighted by molar-refractivity contribution is -0.119. The second-order valence-electron chi connectivity index (χ2n) is 5.22. The minimum Gasteiger partial charge on any atom is -0.451 e. The lowest BCUT2D eigenvalue weighted by Crippen LogP contribution is -2.21. The molecule has 0 saturated carbocycles. The van der Waals surface area contributed by atoms with Crippen molar-refractivity contribution in [2.45, 2.75) is 4.90 Å². The van der Waals surface area contributed by atoms with Crippen LogP contribution in [0.5, 0.6) is 0 Å². The van der Waals surface area contributed by atoms with Crippen LogP contribution in [0.2, 0.25) is 5.02 Å². The van der Waals surface area contributed by atoms with E-state index in [1.54, 1.807) is 23.9 Å². The molecule has 3 rings (SSSR count). The molecule has 128 valence electrons. The summed E-state index contributed by atoms with van der Waals surface area (Å²) in [5.41, 5.74) is 1.52. The lowest BCUT2D eigenvalue weighted by atomic mass is 10.2. The molecule has 5 nitrogen and oxygen atoms in total. The highest BCUT2D eigenvalue weighted by Crippen LogP contribution is 2.27. The molecule has 0 spiro atoms. The minimum atomic E-state index is -0.672. The summed E-state index contributed by atoms with van der Waals surface area (Å²) in [5.74, 6) is -1.09. The van der Waals surface area contributed by atoms with Crippen molar-refractivity contribution in [3.63, 3.8) is 0 Å². The van der Waals surface area contributed by atoms with E-state index in [1.807, 2.05) is 42.7 Å². The van der Waals surface area contributed by atoms with Crippen LogP contribution in [0.25, 0.3) is 10.9 Å². The van der Waals surface area contributed by atoms with Gasteiger partial charge in [-0.1, -0.05) is 35.9 Å². The SMILES string of the molecule is CSc1cccc(NC(=O)COC(=O)c2[nH]c3ccccc3c2Cl)c1. The second kappa shape index (κ2) is 7.63. The van der Waals surface area contributed by atoms with Gasteiger partial charge in [0.05, 0.1) is 5.02 Å². The van der Waals surface area contributed by atoms with E-state index in [2.05, 4.69) is 10.3 Å². The van der Waals surface area contributed by atoms with Gasteiger partial charge in [-0.3, -0.25) is 4.79 Å². The zero-order chi connectivity index (χ0) is 17.8. The molecular weight excluding hydrogens is 360 g/mol. The topological polar surface area (TPSA) is 71.2 Å². The third-order valence-electron chi connectivity index (χ3n) is 3.53. The van der Waals surface area contributed by atoms with Crippen molar-refractivity contribution in [3.05, 3.63) is 59.2 Å². The maximum atomic E-state index is 12.2. The average Bonchev–Trinajstić information content (AvgIpc) is 2.97. The molecule has 3 aromatic rings. The van der Waals surface area contributed by atoms with E-state index in [0.717, 1.165) is 15.8 Å². The zero-order valence-electron chi connectivity index (χ0n) is 13.3. The molecule has 0 radical (unpaired) electrons. The number of ether oxygens (including phenoxy) is 1. The molecule has 0 unspecified atom stereocenters. The number of hydrogen-bond donors (Lipinski definition) is 2. The minimum absolute atomic E-state index is 0.139. The van der Waals surface area contributed by atoms with Crippen LogP contribution in [0.3, 0.4) is 0 Å². The number of nitrogens with one attached hydrogen (secondary N) is 2. The average molecular weight is 375 g/mol. The first-order valence-corrected chi connectivity index (χ1v) is 9.06. The van der Waals surface area contributed by atoms with E-state index in [1.165, 1.54) is 0 Å². The van der Waals surface area contributed by atoms with Crippen LogP contribution in [0.15, 0.2) is 53.4 Å². The van der Waals surface area contributed by atoms with Gasteiger partial charge in [-0.05, 0) is 30.5 Å². The summed E-state index contributed by atoms with van der Waals surface area (Å²) < 4.78 is 5.06. The number of H-pyrrole nitrogens is 1. The van der Waals surface area contributed by atoms with Crippen LogP contribution >= 0.6 is 23.4 Å². The van der Waals surface area contributed by atoms with Crippen LogP contribution < -0.4 is 5.32 Å². The Kier molecular flexibility index (Phi) is 5.31. The molecule has 0 fully saturated rings. The Hall–Kier alpha value is -2.44. The van der Waals surface area contributed by atoms with Gasteiger partial charge in [0.15, 0.2) is 6.61 Å². The molecule has 0 aliphatic heterocycles. The fourth-order valence-corrected chi connectivity index (χ4v) is 3.10. The summed E-state index contributed by atoms with van der Waals surface area (Å²) in [6.07, 6.45) is 1.95. The zero-order valence-corrected chi connectivity index (χ0v) is 14.9. The maximum Gasteiger partial charge on any atom is 0.356 e. The van der Waals surface area contributed by atoms with Gasteiger partial charge in [-0.15, -0.1) is 11.8 Å². The van der Waals surface area contributed by atoms with E-state index in [-0.39, 0.29) is 10.7 Å². The molecule has 2 aromatic carbocycles. The number of fused-ring (bicyclic) bond motifs is 1. The van der Waals surface area contributed by atoms with E-state index in [4.69, 9.17) is 16.3 Å². The Balaban J connectivity index is 1.63. The molecule has 1 heterocycles. The molecule has 0 aliphatic carbocycles. The molecule has 7 heteroatoms. The maximum absolute atomic E-state index is 12.2. The van der Waals surface area contributed by atoms with Crippen LogP contribution in [0.4, 0.5) is 5.69 Å². The van der Waals surface area contributed by atoms with Crippen molar-refractivity contribution in [3.8, 4) is 0 Å². The summed E-state index contributed by atoms with van der Waals surface area (Å²) in [6.45, 7) is -0.395. The van der Waals surface area contributed by atoms with Crippen LogP contribution in [-0.2, 0) is 9.53 Å². The highest BCUT2D eigenvalue weighted by atomic mass is 35.5. The van der Waals surface area contributed by atoms with Gasteiger partial charge in [-0.2, -0.15) is 0 Å². The predicted octanol–water partition coefficient (Wildman–Crippen LogP) is 4.34. The van der Waals surface area contributed by atoms with Crippen molar-refractivity contribution in [1.82, 2.24) is 4.98 Å². The number of para-hydroxylation sites is 1. The molecule has 2 N–H and O–H groups in total. The highest BCUT2D eigenvalue weighted by Gasteiger charge is 2.18. The summed E-state index contributed by atoms with van der Waals surface area (Å²) in [7, 11) is 0. The fourth-order valence-electron chi connectivity index (χ4n) is 2.35. The molecule has 1 amide bonds. The summed E-state index contributed by atoms with van der Waals surface area (Å²) >= 11 is 7.77. The Bertz CT molecular complexity index is 939. The number of hydrogen-bond acceptors (Lipinski definition) is 4. The molecule has 0 aliphatic rings. The third-order valence-corrected chi connectivity index (χ3v) is 4.65. The standard InChI is InChI=1S/C18H15ClN2O3S/c1-25-12-6-4-5-11(9-12)20-15(22)10-24-18(23)17-16(19)13-7-2-3-8-14(13)21-17/h2-9,21H,10H2,1H3,(H,20,22). The second-order valence-corrected chi connectivity index (χ2v) is 6.47. The first-order valence-electron chi connectivity index (χ1n) is 7.45. The number of esters is 1. The first-order chi connectivity index (χ1) is 12.1. The van der Waals surface area contributed by atoms with Gasteiger partial charge in [0.1, 0.15) is 5.69 Å². The van der Waals surface area contributed by atoms with Crippen molar-refractivity contribution < 1.29 is 14.3 Å². The number of anilines is 1. The van der Waals surface area contributed by atoms with E-state index in [0.29, 0.717) is 5.69 Å². The number of carbonyl (C=O) groups excluding carboxylic acids is 2. The predicted molar refractivity (Wildman–Crippen MR) is 100 cm³/mol. The Morgan fingerprint density at radius 2 is 2.00 bits per heavy atom. The van der Waals surface area contributed by atoms with Crippen LogP contribution in [0, 0.1) is 0 Å². The van der Waals surface area contributed by atoms with Crippen molar-refractivity contribution >= 4 is 51.8 Å². The molecule has 1 aromatic heterocycles. The number of thioether (sulfide) groups is 1. The summed E-state index contributed by atoms with van der Waals surface area (Å²) in [4.78, 5) is 28.1. The number of rotatable bonds is 5. The third kappa shape index (κ3) is 3.97. The van der Waals surface area contributed by atoms with Gasteiger partial charge < -0.3 is 15.0 Å². The molecule has 0 saturated heterocycles. The number of benzene rings is 2. The van der Waals surface area contributed by atoms with E-state index in [9.17, 15) is 9.59 Å². The van der Waals surface area contributed by atoms with E-state index >= 15 is 0 Å². The Morgan fingerprint density at radius 3 is 2.76 bits per heavy atom. The van der Waals surface area contributed by atoms with Crippen molar-refractivity contribution in [2.75, 3.05) is 18.2 Å². The van der Waals surface area contributed by atoms with Gasteiger partial charge in [-0.25, -0.2) is 4.79 Å². The van der Waals surface area contributed by atoms with E-state index < -0.39 is 18.5 Å². The largest absolute Gasteiger partial charge is 0.451 e. The molecular formula is C18H15ClN2O3S. The summed E-state index contributed by atoms with van der Waals surface area (Å²) in [5, 5.41) is 3.71. The quantitative estimate of drug-likeness (QED) is 0.514. The lowest BCUT2D eigenvalue weighted by Gasteiger charge is -2.07. The number of carbonyl (C=O) groups is 2. The monoisotopic (exact) mass is 374 g/mol. The van der Waals surface area contributed by atoms with Gasteiger partial charge in [0, 0.05) is 21.5 Å². The van der Waals surface area contributed by atoms with Crippen LogP contribution in [0.1, 0.15) is 10.5 Å². The highest BCUT2D eigenvalue weighted by molar-refractivity contribution is 7.98. The Morgan fingerprint density at radius 1 is 1.20 bits per heavy atom. The first kappa shape index (κ1) is 17.4. The normalized spacial score (nSPS) is 10.6. The number of aromatic nitrogens is 1. The van der Waals surface area contributed by atoms with Gasteiger partial charge in [0.25, 0.3) is 5.91 Å². The molecule has 0 atom stereocenters. The Labute approximate surface area is 153 Å². The number of aromatic amines is 1. The molecule has 0 bridgehead atoms. The smallest absolute Gasteiger partial charge is 0.356 e. The van der Waals surface area contributed by atoms with Gasteiger partial charge in [0.2, 0.25) is 0 Å². The number of amides is 1. The van der Waals surface area contributed by atoms with Gasteiger partial charge >= 0.3 is 5.97 Å². The molecule has 25 heavy (non-hydrogen) atoms.